The van der Waals surface area contributed by atoms with E-state index in [2.05, 4.69) is 10.3 Å². The highest BCUT2D eigenvalue weighted by Crippen LogP contribution is 2.58. The SMILES string of the molecule is O=C(c1ccc([N+](=O)[O-])cc1)C1C(C(=O)c2ccccn2)C2(C(=O)Nc3ccccc32)C2C=Cc3ccccc3N12. The Labute approximate surface area is 234 Å². The predicted molar refractivity (Wildman–Crippen MR) is 152 cm³/mol. The first-order valence-electron chi connectivity index (χ1n) is 13.1. The molecule has 1 aromatic heterocycles. The summed E-state index contributed by atoms with van der Waals surface area (Å²) < 4.78 is 0. The number of ketones is 2. The maximum Gasteiger partial charge on any atom is 0.269 e. The number of para-hydroxylation sites is 2. The van der Waals surface area contributed by atoms with E-state index in [9.17, 15) is 24.5 Å². The van der Waals surface area contributed by atoms with Gasteiger partial charge in [-0.1, -0.05) is 54.6 Å². The first-order chi connectivity index (χ1) is 19.9. The highest BCUT2D eigenvalue weighted by Gasteiger charge is 2.70. The molecule has 200 valence electrons. The van der Waals surface area contributed by atoms with Crippen molar-refractivity contribution in [2.75, 3.05) is 10.2 Å². The summed E-state index contributed by atoms with van der Waals surface area (Å²) >= 11 is 0. The summed E-state index contributed by atoms with van der Waals surface area (Å²) in [4.78, 5) is 60.3. The first kappa shape index (κ1) is 24.6. The van der Waals surface area contributed by atoms with Crippen LogP contribution >= 0.6 is 0 Å². The molecule has 0 radical (unpaired) electrons. The van der Waals surface area contributed by atoms with Crippen LogP contribution < -0.4 is 10.2 Å². The number of nitro groups is 1. The van der Waals surface area contributed by atoms with Crippen LogP contribution in [0.1, 0.15) is 32.0 Å². The number of nitrogens with zero attached hydrogens (tertiary/aromatic N) is 3. The maximum atomic E-state index is 14.6. The number of amides is 1. The van der Waals surface area contributed by atoms with Gasteiger partial charge >= 0.3 is 0 Å². The average molecular weight is 543 g/mol. The van der Waals surface area contributed by atoms with Crippen molar-refractivity contribution in [2.24, 2.45) is 5.92 Å². The van der Waals surface area contributed by atoms with Crippen molar-refractivity contribution in [3.05, 3.63) is 136 Å². The molecule has 1 N–H and O–H groups in total. The van der Waals surface area contributed by atoms with Crippen molar-refractivity contribution >= 4 is 40.6 Å². The van der Waals surface area contributed by atoms with E-state index < -0.39 is 39.9 Å². The van der Waals surface area contributed by atoms with Gasteiger partial charge in [-0.2, -0.15) is 0 Å². The monoisotopic (exact) mass is 542 g/mol. The van der Waals surface area contributed by atoms with E-state index in [4.69, 9.17) is 0 Å². The molecule has 1 amide bonds. The van der Waals surface area contributed by atoms with Gasteiger partial charge in [-0.3, -0.25) is 29.5 Å². The normalized spacial score (nSPS) is 23.5. The number of nitrogens with one attached hydrogen (secondary N) is 1. The van der Waals surface area contributed by atoms with Gasteiger partial charge in [0.05, 0.1) is 16.9 Å². The molecule has 4 heterocycles. The Bertz CT molecular complexity index is 1790. The Morgan fingerprint density at radius 1 is 0.902 bits per heavy atom. The first-order valence-corrected chi connectivity index (χ1v) is 13.1. The Morgan fingerprint density at radius 2 is 1.63 bits per heavy atom. The third-order valence-electron chi connectivity index (χ3n) is 8.37. The molecule has 0 aliphatic carbocycles. The standard InChI is InChI=1S/C32H22N4O5/c37-29(20-12-15-21(16-13-20)36(40)41)28-27(30(38)24-10-5-6-18-33-24)32(22-8-2-3-9-23(22)34-31(32)39)26-17-14-19-7-1-4-11-25(19)35(26)28/h1-18,26-28H,(H,34,39). The maximum absolute atomic E-state index is 14.6. The zero-order valence-electron chi connectivity index (χ0n) is 21.5. The fourth-order valence-corrected chi connectivity index (χ4v) is 6.71. The number of carbonyl (C=O) groups is 3. The van der Waals surface area contributed by atoms with Crippen LogP contribution in [0.5, 0.6) is 0 Å². The summed E-state index contributed by atoms with van der Waals surface area (Å²) in [6, 6.07) is 23.3. The average Bonchev–Trinajstić information content (AvgIpc) is 3.49. The fraction of sp³-hybridized carbons (Fsp3) is 0.125. The van der Waals surface area contributed by atoms with Crippen molar-refractivity contribution in [1.82, 2.24) is 4.98 Å². The Balaban J connectivity index is 1.51. The summed E-state index contributed by atoms with van der Waals surface area (Å²) in [6.07, 6.45) is 5.33. The Morgan fingerprint density at radius 3 is 2.39 bits per heavy atom. The molecule has 4 atom stereocenters. The van der Waals surface area contributed by atoms with Gasteiger partial charge in [-0.05, 0) is 47.5 Å². The third kappa shape index (κ3) is 3.42. The molecular weight excluding hydrogens is 520 g/mol. The van der Waals surface area contributed by atoms with Gasteiger partial charge in [0, 0.05) is 35.3 Å². The molecule has 3 aromatic carbocycles. The molecule has 1 saturated heterocycles. The molecule has 9 heteroatoms. The molecule has 41 heavy (non-hydrogen) atoms. The lowest BCUT2D eigenvalue weighted by Gasteiger charge is -2.37. The second kappa shape index (κ2) is 9.06. The molecule has 0 saturated carbocycles. The van der Waals surface area contributed by atoms with E-state index in [1.807, 2.05) is 59.5 Å². The van der Waals surface area contributed by atoms with Crippen molar-refractivity contribution in [1.29, 1.82) is 0 Å². The second-order valence-corrected chi connectivity index (χ2v) is 10.3. The number of carbonyl (C=O) groups excluding carboxylic acids is 3. The number of pyridine rings is 1. The zero-order chi connectivity index (χ0) is 28.3. The van der Waals surface area contributed by atoms with E-state index in [-0.39, 0.29) is 22.9 Å². The quantitative estimate of drug-likeness (QED) is 0.217. The third-order valence-corrected chi connectivity index (χ3v) is 8.37. The van der Waals surface area contributed by atoms with Crippen LogP contribution in [-0.2, 0) is 10.2 Å². The summed E-state index contributed by atoms with van der Waals surface area (Å²) in [6.45, 7) is 0. The van der Waals surface area contributed by atoms with Crippen LogP contribution in [0.2, 0.25) is 0 Å². The topological polar surface area (TPSA) is 123 Å². The van der Waals surface area contributed by atoms with Crippen LogP contribution in [0.4, 0.5) is 17.1 Å². The molecule has 4 aromatic rings. The lowest BCUT2D eigenvalue weighted by atomic mass is 9.64. The number of anilines is 2. The minimum Gasteiger partial charge on any atom is -0.352 e. The minimum absolute atomic E-state index is 0.146. The summed E-state index contributed by atoms with van der Waals surface area (Å²) in [7, 11) is 0. The van der Waals surface area contributed by atoms with Crippen molar-refractivity contribution < 1.29 is 19.3 Å². The van der Waals surface area contributed by atoms with Gasteiger partial charge in [0.15, 0.2) is 11.6 Å². The van der Waals surface area contributed by atoms with E-state index >= 15 is 0 Å². The van der Waals surface area contributed by atoms with Crippen molar-refractivity contribution in [3.63, 3.8) is 0 Å². The number of nitro benzene ring substituents is 1. The van der Waals surface area contributed by atoms with E-state index in [0.29, 0.717) is 16.9 Å². The van der Waals surface area contributed by atoms with Crippen LogP contribution in [0.15, 0.2) is 103 Å². The van der Waals surface area contributed by atoms with Gasteiger partial charge in [-0.25, -0.2) is 0 Å². The molecule has 4 unspecified atom stereocenters. The van der Waals surface area contributed by atoms with E-state index in [0.717, 1.165) is 5.56 Å². The van der Waals surface area contributed by atoms with Gasteiger partial charge < -0.3 is 10.2 Å². The van der Waals surface area contributed by atoms with Crippen molar-refractivity contribution in [3.8, 4) is 0 Å². The van der Waals surface area contributed by atoms with E-state index in [1.54, 1.807) is 24.3 Å². The number of hydrogen-bond acceptors (Lipinski definition) is 7. The fourth-order valence-electron chi connectivity index (χ4n) is 6.71. The molecule has 1 spiro atoms. The summed E-state index contributed by atoms with van der Waals surface area (Å²) in [5.41, 5.74) is 1.53. The second-order valence-electron chi connectivity index (χ2n) is 10.3. The van der Waals surface area contributed by atoms with Gasteiger partial charge in [0.2, 0.25) is 5.91 Å². The number of non-ortho nitro benzene ring substituents is 1. The molecule has 1 fully saturated rings. The number of Topliss-reactive ketones (excluding diaryl/α,β-unsaturated/α-hetero) is 2. The largest absolute Gasteiger partial charge is 0.352 e. The van der Waals surface area contributed by atoms with Crippen LogP contribution in [-0.4, -0.2) is 39.5 Å². The Hall–Kier alpha value is -5.44. The highest BCUT2D eigenvalue weighted by molar-refractivity contribution is 6.18. The minimum atomic E-state index is -1.45. The van der Waals surface area contributed by atoms with Crippen molar-refractivity contribution in [2.45, 2.75) is 17.5 Å². The summed E-state index contributed by atoms with van der Waals surface area (Å²) in [5, 5.41) is 14.3. The molecule has 7 rings (SSSR count). The highest BCUT2D eigenvalue weighted by atomic mass is 16.6. The molecule has 9 nitrogen and oxygen atoms in total. The lowest BCUT2D eigenvalue weighted by molar-refractivity contribution is -0.384. The Kier molecular flexibility index (Phi) is 5.43. The number of rotatable bonds is 5. The number of fused-ring (bicyclic) bond motifs is 6. The number of benzene rings is 3. The predicted octanol–water partition coefficient (Wildman–Crippen LogP) is 4.85. The number of hydrogen-bond donors (Lipinski definition) is 1. The zero-order valence-corrected chi connectivity index (χ0v) is 21.5. The number of aromatic nitrogens is 1. The van der Waals surface area contributed by atoms with Crippen LogP contribution in [0, 0.1) is 16.0 Å². The van der Waals surface area contributed by atoms with Gasteiger partial charge in [-0.15, -0.1) is 0 Å². The molecule has 3 aliphatic rings. The van der Waals surface area contributed by atoms with E-state index in [1.165, 1.54) is 30.5 Å². The lowest BCUT2D eigenvalue weighted by Crippen LogP contribution is -2.51. The van der Waals surface area contributed by atoms with Crippen LogP contribution in [0.25, 0.3) is 6.08 Å². The summed E-state index contributed by atoms with van der Waals surface area (Å²) in [5.74, 6) is -2.38. The van der Waals surface area contributed by atoms with Crippen LogP contribution in [0.3, 0.4) is 0 Å². The molecule has 3 aliphatic heterocycles. The molecular formula is C32H22N4O5. The van der Waals surface area contributed by atoms with Gasteiger partial charge in [0.1, 0.15) is 17.2 Å². The molecule has 0 bridgehead atoms. The smallest absolute Gasteiger partial charge is 0.269 e. The van der Waals surface area contributed by atoms with Gasteiger partial charge in [0.25, 0.3) is 5.69 Å².